The van der Waals surface area contributed by atoms with Crippen LogP contribution in [0.15, 0.2) is 36.4 Å². The highest BCUT2D eigenvalue weighted by molar-refractivity contribution is 6.53. The molecule has 168 valence electrons. The molecule has 0 radical (unpaired) electrons. The molecule has 3 N–H and O–H groups in total. The van der Waals surface area contributed by atoms with Gasteiger partial charge in [0.2, 0.25) is 11.8 Å². The van der Waals surface area contributed by atoms with Gasteiger partial charge in [-0.3, -0.25) is 14.4 Å². The lowest BCUT2D eigenvalue weighted by atomic mass is 10.1. The van der Waals surface area contributed by atoms with Gasteiger partial charge in [0.1, 0.15) is 10.4 Å². The molecule has 32 heavy (non-hydrogen) atoms. The van der Waals surface area contributed by atoms with Crippen molar-refractivity contribution in [1.29, 1.82) is 0 Å². The van der Waals surface area contributed by atoms with Gasteiger partial charge in [-0.2, -0.15) is 0 Å². The molecule has 1 aliphatic carbocycles. The van der Waals surface area contributed by atoms with Gasteiger partial charge in [-0.1, -0.05) is 29.3 Å². The zero-order chi connectivity index (χ0) is 23.2. The van der Waals surface area contributed by atoms with Crippen molar-refractivity contribution < 1.29 is 14.4 Å². The van der Waals surface area contributed by atoms with Gasteiger partial charge in [-0.05, 0) is 54.8 Å². The van der Waals surface area contributed by atoms with E-state index < -0.39 is 28.1 Å². The summed E-state index contributed by atoms with van der Waals surface area (Å²) < 4.78 is -1.27. The van der Waals surface area contributed by atoms with Crippen LogP contribution >= 0.6 is 46.4 Å². The highest BCUT2D eigenvalue weighted by Gasteiger charge is 2.67. The first-order valence-corrected chi connectivity index (χ1v) is 11.4. The van der Waals surface area contributed by atoms with E-state index in [1.807, 2.05) is 19.1 Å². The summed E-state index contributed by atoms with van der Waals surface area (Å²) in [7, 11) is 0. The second-order valence-corrected chi connectivity index (χ2v) is 10.3. The molecule has 2 aromatic rings. The fraction of sp³-hybridized carbons (Fsp3) is 0.318. The number of hydrogen-bond acceptors (Lipinski definition) is 3. The minimum absolute atomic E-state index is 0.144. The number of carbonyl (C=O) groups excluding carboxylic acids is 3. The Morgan fingerprint density at radius 1 is 1.12 bits per heavy atom. The largest absolute Gasteiger partial charge is 0.354 e. The quantitative estimate of drug-likeness (QED) is 0.515. The summed E-state index contributed by atoms with van der Waals surface area (Å²) in [4.78, 5) is 37.3. The minimum atomic E-state index is -1.27. The van der Waals surface area contributed by atoms with Gasteiger partial charge in [0.15, 0.2) is 0 Å². The Bertz CT molecular complexity index is 1100. The third kappa shape index (κ3) is 4.55. The average Bonchev–Trinajstić information content (AvgIpc) is 3.07. The Morgan fingerprint density at radius 2 is 1.88 bits per heavy atom. The normalized spacial score (nSPS) is 23.4. The summed E-state index contributed by atoms with van der Waals surface area (Å²) in [6, 6.07) is 9.36. The van der Waals surface area contributed by atoms with Crippen LogP contribution in [-0.2, 0) is 9.59 Å². The molecular formula is C22H19Cl4N3O3. The maximum absolute atomic E-state index is 12.9. The molecule has 6 nitrogen and oxygen atoms in total. The van der Waals surface area contributed by atoms with Crippen molar-refractivity contribution in [3.63, 3.8) is 0 Å². The molecule has 2 aromatic carbocycles. The third-order valence-electron chi connectivity index (χ3n) is 5.59. The lowest BCUT2D eigenvalue weighted by molar-refractivity contribution is -0.120. The van der Waals surface area contributed by atoms with Gasteiger partial charge in [0.25, 0.3) is 5.91 Å². The maximum atomic E-state index is 12.9. The summed E-state index contributed by atoms with van der Waals surface area (Å²) in [5, 5.41) is 8.80. The van der Waals surface area contributed by atoms with Crippen molar-refractivity contribution in [2.75, 3.05) is 11.9 Å². The van der Waals surface area contributed by atoms with Gasteiger partial charge in [0.05, 0.1) is 16.5 Å². The summed E-state index contributed by atoms with van der Waals surface area (Å²) in [6.07, 6.45) is 0.498. The summed E-state index contributed by atoms with van der Waals surface area (Å²) >= 11 is 25.2. The Hall–Kier alpha value is -1.99. The van der Waals surface area contributed by atoms with Crippen LogP contribution in [0.2, 0.25) is 10.0 Å². The predicted molar refractivity (Wildman–Crippen MR) is 126 cm³/mol. The first kappa shape index (κ1) is 23.2. The molecule has 4 rings (SSSR count). The number of benzene rings is 2. The first-order valence-electron chi connectivity index (χ1n) is 9.92. The number of alkyl halides is 2. The molecule has 10 heteroatoms. The van der Waals surface area contributed by atoms with Crippen molar-refractivity contribution >= 4 is 69.8 Å². The van der Waals surface area contributed by atoms with Crippen LogP contribution < -0.4 is 16.0 Å². The van der Waals surface area contributed by atoms with Crippen LogP contribution in [0.5, 0.6) is 0 Å². The Morgan fingerprint density at radius 3 is 2.53 bits per heavy atom. The Labute approximate surface area is 204 Å². The van der Waals surface area contributed by atoms with Crippen LogP contribution in [0.1, 0.15) is 33.8 Å². The van der Waals surface area contributed by atoms with E-state index in [1.54, 1.807) is 12.1 Å². The fourth-order valence-corrected chi connectivity index (χ4v) is 5.31. The van der Waals surface area contributed by atoms with E-state index in [2.05, 4.69) is 16.0 Å². The average molecular weight is 515 g/mol. The number of hydrogen-bond donors (Lipinski definition) is 3. The van der Waals surface area contributed by atoms with Gasteiger partial charge >= 0.3 is 0 Å². The van der Waals surface area contributed by atoms with Crippen molar-refractivity contribution in [1.82, 2.24) is 10.6 Å². The number of rotatable bonds is 5. The van der Waals surface area contributed by atoms with E-state index in [0.717, 1.165) is 11.1 Å². The summed E-state index contributed by atoms with van der Waals surface area (Å²) in [6.45, 7) is 2.40. The Kier molecular flexibility index (Phi) is 6.34. The lowest BCUT2D eigenvalue weighted by Crippen LogP contribution is -2.40. The maximum Gasteiger partial charge on any atom is 0.253 e. The van der Waals surface area contributed by atoms with Crippen LogP contribution in [0.4, 0.5) is 5.69 Å². The number of halogens is 4. The van der Waals surface area contributed by atoms with Gasteiger partial charge in [-0.15, -0.1) is 23.2 Å². The molecule has 1 saturated heterocycles. The topological polar surface area (TPSA) is 87.3 Å². The second kappa shape index (κ2) is 8.75. The molecule has 1 saturated carbocycles. The molecule has 1 aliphatic heterocycles. The van der Waals surface area contributed by atoms with Crippen molar-refractivity contribution in [2.45, 2.75) is 29.6 Å². The molecule has 0 bridgehead atoms. The van der Waals surface area contributed by atoms with Crippen molar-refractivity contribution in [3.05, 3.63) is 63.1 Å². The first-order chi connectivity index (χ1) is 15.1. The van der Waals surface area contributed by atoms with Gasteiger partial charge in [0, 0.05) is 23.2 Å². The predicted octanol–water partition coefficient (Wildman–Crippen LogP) is 4.45. The van der Waals surface area contributed by atoms with E-state index >= 15 is 0 Å². The zero-order valence-corrected chi connectivity index (χ0v) is 19.9. The van der Waals surface area contributed by atoms with E-state index in [0.29, 0.717) is 23.7 Å². The second-order valence-electron chi connectivity index (χ2n) is 7.98. The zero-order valence-electron chi connectivity index (χ0n) is 16.8. The molecule has 3 atom stereocenters. The smallest absolute Gasteiger partial charge is 0.253 e. The fourth-order valence-electron chi connectivity index (χ4n) is 3.98. The van der Waals surface area contributed by atoms with Gasteiger partial charge in [-0.25, -0.2) is 0 Å². The van der Waals surface area contributed by atoms with E-state index in [9.17, 15) is 14.4 Å². The number of amides is 3. The highest BCUT2D eigenvalue weighted by Crippen LogP contribution is 2.65. The standard InChI is InChI=1S/C22H19Cl4N3O3/c1-10-6-11(8-12(23)7-10)17-18(22(17,25)26)21(32)28-13-2-3-15(24)14(9-13)19(30)29-16-4-5-27-20(16)31/h2-3,6-9,16-18H,4-5H2,1H3,(H,27,31)(H,28,32)(H,29,30). The summed E-state index contributed by atoms with van der Waals surface area (Å²) in [5.41, 5.74) is 2.22. The molecule has 2 aliphatic rings. The molecule has 0 aromatic heterocycles. The molecule has 3 amide bonds. The number of carbonyl (C=O) groups is 3. The molecular weight excluding hydrogens is 496 g/mol. The highest BCUT2D eigenvalue weighted by atomic mass is 35.5. The van der Waals surface area contributed by atoms with Crippen LogP contribution in [0.25, 0.3) is 0 Å². The van der Waals surface area contributed by atoms with Crippen molar-refractivity contribution in [2.24, 2.45) is 5.92 Å². The van der Waals surface area contributed by atoms with Crippen LogP contribution in [-0.4, -0.2) is 34.6 Å². The van der Waals surface area contributed by atoms with E-state index in [-0.39, 0.29) is 22.4 Å². The lowest BCUT2D eigenvalue weighted by Gasteiger charge is -2.12. The van der Waals surface area contributed by atoms with Crippen molar-refractivity contribution in [3.8, 4) is 0 Å². The monoisotopic (exact) mass is 513 g/mol. The molecule has 2 fully saturated rings. The Balaban J connectivity index is 1.49. The number of nitrogens with one attached hydrogen (secondary N) is 3. The molecule has 3 unspecified atom stereocenters. The number of aryl methyl sites for hydroxylation is 1. The third-order valence-corrected chi connectivity index (χ3v) is 7.08. The van der Waals surface area contributed by atoms with E-state index in [1.165, 1.54) is 12.1 Å². The van der Waals surface area contributed by atoms with Crippen LogP contribution in [0.3, 0.4) is 0 Å². The number of anilines is 1. The molecule has 0 spiro atoms. The SMILES string of the molecule is Cc1cc(Cl)cc(C2C(C(=O)Nc3ccc(Cl)c(C(=O)NC4CCNC4=O)c3)C2(Cl)Cl)c1. The minimum Gasteiger partial charge on any atom is -0.354 e. The van der Waals surface area contributed by atoms with E-state index in [4.69, 9.17) is 46.4 Å². The molecule has 1 heterocycles. The van der Waals surface area contributed by atoms with Crippen LogP contribution in [0, 0.1) is 12.8 Å². The van der Waals surface area contributed by atoms with Gasteiger partial charge < -0.3 is 16.0 Å². The summed E-state index contributed by atoms with van der Waals surface area (Å²) in [5.74, 6) is -2.24.